The molecule has 0 aliphatic heterocycles. The highest BCUT2D eigenvalue weighted by Gasteiger charge is 2.26. The van der Waals surface area contributed by atoms with Crippen LogP contribution >= 0.6 is 0 Å². The molecule has 6 nitrogen and oxygen atoms in total. The van der Waals surface area contributed by atoms with Gasteiger partial charge in [0.2, 0.25) is 5.91 Å². The molecular weight excluding hydrogens is 480 g/mol. The van der Waals surface area contributed by atoms with Crippen LogP contribution in [0.25, 0.3) is 17.2 Å². The maximum Gasteiger partial charge on any atom is 0.488 e. The first-order valence-electron chi connectivity index (χ1n) is 11.2. The number of hydroxylamine groups is 1. The number of halogens is 1. The molecule has 1 unspecified atom stereocenters. The van der Waals surface area contributed by atoms with Gasteiger partial charge in [-0.25, -0.2) is 9.87 Å². The van der Waals surface area contributed by atoms with Gasteiger partial charge in [-0.1, -0.05) is 42.5 Å². The van der Waals surface area contributed by atoms with Gasteiger partial charge in [0.05, 0.1) is 13.0 Å². The number of carbonyl (C=O) groups excluding carboxylic acids is 1. The molecule has 1 aliphatic rings. The molecule has 36 heavy (non-hydrogen) atoms. The maximum atomic E-state index is 14.1. The number of hydrogen-bond acceptors (Lipinski definition) is 5. The summed E-state index contributed by atoms with van der Waals surface area (Å²) in [6.07, 6.45) is 3.60. The smallest absolute Gasteiger partial charge is 0.423 e. The van der Waals surface area contributed by atoms with E-state index in [1.54, 1.807) is 36.6 Å². The van der Waals surface area contributed by atoms with Gasteiger partial charge in [0.1, 0.15) is 5.82 Å². The summed E-state index contributed by atoms with van der Waals surface area (Å²) in [6.45, 7) is 2.00. The number of benzene rings is 3. The molecule has 0 heterocycles. The average Bonchev–Trinajstić information content (AvgIpc) is 3.09. The average molecular weight is 505 g/mol. The molecule has 0 saturated heterocycles. The van der Waals surface area contributed by atoms with Crippen LogP contribution in [-0.4, -0.2) is 33.5 Å². The Kier molecular flexibility index (Phi) is 7.96. The summed E-state index contributed by atoms with van der Waals surface area (Å²) in [6, 6.07) is 18.4. The molecule has 0 radical (unpaired) electrons. The number of nitrogens with one attached hydrogen (secondary N) is 1. The summed E-state index contributed by atoms with van der Waals surface area (Å²) in [7, 11) is -2.61. The molecule has 0 fully saturated rings. The summed E-state index contributed by atoms with van der Waals surface area (Å²) in [5, 5.41) is 18.3. The molecule has 4 rings (SSSR count). The quantitative estimate of drug-likeness (QED) is 0.323. The Morgan fingerprint density at radius 2 is 1.75 bits per heavy atom. The van der Waals surface area contributed by atoms with Crippen molar-refractivity contribution in [2.75, 3.05) is 6.26 Å². The normalized spacial score (nSPS) is 14.6. The fourth-order valence-electron chi connectivity index (χ4n) is 4.09. The number of allylic oxidation sites excluding steroid dienone is 2. The third-order valence-corrected chi connectivity index (χ3v) is 6.95. The van der Waals surface area contributed by atoms with Crippen LogP contribution in [0.5, 0.6) is 0 Å². The molecule has 3 N–H and O–H groups in total. The van der Waals surface area contributed by atoms with Crippen LogP contribution in [-0.2, 0) is 27.0 Å². The number of rotatable bonds is 8. The number of amides is 1. The standard InChI is InChI=1S/C27H25BFNO5S/c1-17-24(13-18-5-10-22(11-6-18)36(2)34)23-12-9-21(29)14-26(23)25(17)15-27(31)30-35-16-19-3-7-20(8-4-19)28(32)33/h3-14,32-33H,15-16H2,1-2H3,(H,30,31). The second-order valence-corrected chi connectivity index (χ2v) is 9.86. The molecule has 1 aliphatic carbocycles. The van der Waals surface area contributed by atoms with Gasteiger partial charge in [0.25, 0.3) is 0 Å². The SMILES string of the molecule is CC1=C(CC(=O)NOCc2ccc(B(O)O)cc2)c2cc(F)ccc2C1=Cc1ccc(S(C)=O)cc1. The van der Waals surface area contributed by atoms with Crippen molar-refractivity contribution in [1.29, 1.82) is 0 Å². The van der Waals surface area contributed by atoms with Crippen LogP contribution in [0.2, 0.25) is 0 Å². The molecule has 1 amide bonds. The van der Waals surface area contributed by atoms with Gasteiger partial charge in [0.15, 0.2) is 0 Å². The van der Waals surface area contributed by atoms with Crippen molar-refractivity contribution >= 4 is 46.5 Å². The van der Waals surface area contributed by atoms with E-state index < -0.39 is 17.9 Å². The van der Waals surface area contributed by atoms with Crippen molar-refractivity contribution in [2.24, 2.45) is 0 Å². The second kappa shape index (κ2) is 11.1. The maximum absolute atomic E-state index is 14.1. The van der Waals surface area contributed by atoms with E-state index in [1.807, 2.05) is 37.3 Å². The Morgan fingerprint density at radius 1 is 1.06 bits per heavy atom. The Balaban J connectivity index is 1.49. The third kappa shape index (κ3) is 5.88. The third-order valence-electron chi connectivity index (χ3n) is 6.02. The fourth-order valence-corrected chi connectivity index (χ4v) is 4.61. The second-order valence-electron chi connectivity index (χ2n) is 8.48. The van der Waals surface area contributed by atoms with Crippen molar-refractivity contribution in [2.45, 2.75) is 24.8 Å². The monoisotopic (exact) mass is 505 g/mol. The number of carbonyl (C=O) groups is 1. The predicted octanol–water partition coefficient (Wildman–Crippen LogP) is 3.21. The lowest BCUT2D eigenvalue weighted by atomic mass is 9.80. The van der Waals surface area contributed by atoms with E-state index in [9.17, 15) is 13.4 Å². The number of fused-ring (bicyclic) bond motifs is 1. The Bertz CT molecular complexity index is 1370. The van der Waals surface area contributed by atoms with Crippen molar-refractivity contribution < 1.29 is 28.3 Å². The summed E-state index contributed by atoms with van der Waals surface area (Å²) in [5.74, 6) is -0.763. The summed E-state index contributed by atoms with van der Waals surface area (Å²) in [4.78, 5) is 18.7. The van der Waals surface area contributed by atoms with Gasteiger partial charge in [-0.15, -0.1) is 0 Å². The zero-order valence-electron chi connectivity index (χ0n) is 19.8. The first kappa shape index (κ1) is 25.7. The minimum atomic E-state index is -1.55. The van der Waals surface area contributed by atoms with E-state index in [4.69, 9.17) is 14.9 Å². The van der Waals surface area contributed by atoms with E-state index in [2.05, 4.69) is 5.48 Å². The minimum Gasteiger partial charge on any atom is -0.423 e. The largest absolute Gasteiger partial charge is 0.488 e. The van der Waals surface area contributed by atoms with Gasteiger partial charge in [-0.05, 0) is 81.7 Å². The zero-order valence-corrected chi connectivity index (χ0v) is 20.6. The lowest BCUT2D eigenvalue weighted by Crippen LogP contribution is -2.29. The fraction of sp³-hybridized carbons (Fsp3) is 0.148. The van der Waals surface area contributed by atoms with E-state index in [0.29, 0.717) is 16.6 Å². The molecule has 3 aromatic rings. The van der Waals surface area contributed by atoms with Crippen molar-refractivity contribution in [3.05, 3.63) is 100 Å². The van der Waals surface area contributed by atoms with E-state index in [-0.39, 0.29) is 24.8 Å². The van der Waals surface area contributed by atoms with Crippen LogP contribution in [0.1, 0.15) is 35.6 Å². The van der Waals surface area contributed by atoms with Crippen molar-refractivity contribution in [3.8, 4) is 0 Å². The van der Waals surface area contributed by atoms with E-state index in [0.717, 1.165) is 32.7 Å². The van der Waals surface area contributed by atoms with Gasteiger partial charge < -0.3 is 10.0 Å². The predicted molar refractivity (Wildman–Crippen MR) is 139 cm³/mol. The van der Waals surface area contributed by atoms with Crippen molar-refractivity contribution in [1.82, 2.24) is 5.48 Å². The van der Waals surface area contributed by atoms with Gasteiger partial charge in [-0.3, -0.25) is 13.8 Å². The first-order chi connectivity index (χ1) is 17.2. The minimum absolute atomic E-state index is 0.00300. The molecule has 9 heteroatoms. The summed E-state index contributed by atoms with van der Waals surface area (Å²) < 4.78 is 25.8. The molecule has 184 valence electrons. The lowest BCUT2D eigenvalue weighted by Gasteiger charge is -2.09. The van der Waals surface area contributed by atoms with Crippen LogP contribution in [0.15, 0.2) is 77.2 Å². The molecule has 0 bridgehead atoms. The Labute approximate surface area is 211 Å². The topological polar surface area (TPSA) is 95.9 Å². The summed E-state index contributed by atoms with van der Waals surface area (Å²) in [5.41, 5.74) is 8.41. The molecular formula is C27H25BFNO5S. The van der Waals surface area contributed by atoms with Crippen LogP contribution in [0.4, 0.5) is 4.39 Å². The van der Waals surface area contributed by atoms with Crippen LogP contribution < -0.4 is 10.9 Å². The molecule has 0 spiro atoms. The molecule has 0 aromatic heterocycles. The molecule has 1 atom stereocenters. The van der Waals surface area contributed by atoms with Crippen LogP contribution in [0, 0.1) is 5.82 Å². The van der Waals surface area contributed by atoms with Crippen molar-refractivity contribution in [3.63, 3.8) is 0 Å². The van der Waals surface area contributed by atoms with E-state index in [1.165, 1.54) is 12.1 Å². The van der Waals surface area contributed by atoms with Gasteiger partial charge in [-0.2, -0.15) is 0 Å². The first-order valence-corrected chi connectivity index (χ1v) is 12.8. The van der Waals surface area contributed by atoms with E-state index >= 15 is 0 Å². The molecule has 3 aromatic carbocycles. The molecule has 0 saturated carbocycles. The summed E-state index contributed by atoms with van der Waals surface area (Å²) >= 11 is 0. The highest BCUT2D eigenvalue weighted by Crippen LogP contribution is 2.43. The zero-order chi connectivity index (χ0) is 25.8. The Hall–Kier alpha value is -3.37. The highest BCUT2D eigenvalue weighted by atomic mass is 32.2. The van der Waals surface area contributed by atoms with Gasteiger partial charge in [0, 0.05) is 22.0 Å². The highest BCUT2D eigenvalue weighted by molar-refractivity contribution is 7.84. The lowest BCUT2D eigenvalue weighted by molar-refractivity contribution is -0.133. The number of hydrogen-bond donors (Lipinski definition) is 3. The Morgan fingerprint density at radius 3 is 2.39 bits per heavy atom. The van der Waals surface area contributed by atoms with Crippen LogP contribution in [0.3, 0.4) is 0 Å². The van der Waals surface area contributed by atoms with Gasteiger partial charge >= 0.3 is 7.12 Å².